The summed E-state index contributed by atoms with van der Waals surface area (Å²) in [6.07, 6.45) is 1.20. The summed E-state index contributed by atoms with van der Waals surface area (Å²) >= 11 is 0. The third-order valence-corrected chi connectivity index (χ3v) is 4.61. The van der Waals surface area contributed by atoms with E-state index in [1.54, 1.807) is 0 Å². The summed E-state index contributed by atoms with van der Waals surface area (Å²) in [5.41, 5.74) is 2.10. The Morgan fingerprint density at radius 1 is 1.35 bits per heavy atom. The first-order chi connectivity index (χ1) is 11.3. The summed E-state index contributed by atoms with van der Waals surface area (Å²) in [6, 6.07) is 6.74. The first-order valence-electron chi connectivity index (χ1n) is 8.46. The van der Waals surface area contributed by atoms with Gasteiger partial charge in [0.05, 0.1) is 25.5 Å². The van der Waals surface area contributed by atoms with Crippen molar-refractivity contribution in [2.75, 3.05) is 46.4 Å². The number of nitrogens with zero attached hydrogens (tertiary/aromatic N) is 4. The molecule has 1 atom stereocenters. The number of aromatic nitrogens is 1. The number of aryl methyl sites for hydroxylation is 1. The maximum atomic E-state index is 5.45. The number of hydrogen-bond acceptors (Lipinski definition) is 4. The lowest BCUT2D eigenvalue weighted by molar-refractivity contribution is 0.0195. The molecule has 1 unspecified atom stereocenters. The molecule has 2 aliphatic rings. The van der Waals surface area contributed by atoms with Crippen LogP contribution in [-0.4, -0.2) is 73.2 Å². The summed E-state index contributed by atoms with van der Waals surface area (Å²) in [6.45, 7) is 8.67. The van der Waals surface area contributed by atoms with E-state index in [1.165, 1.54) is 6.42 Å². The molecule has 23 heavy (non-hydrogen) atoms. The van der Waals surface area contributed by atoms with E-state index < -0.39 is 0 Å². The Morgan fingerprint density at radius 2 is 2.17 bits per heavy atom. The second kappa shape index (κ2) is 7.75. The number of likely N-dealkylation sites (tertiary alicyclic amines) is 1. The van der Waals surface area contributed by atoms with Gasteiger partial charge in [-0.1, -0.05) is 6.07 Å². The molecule has 1 aromatic heterocycles. The fourth-order valence-corrected chi connectivity index (χ4v) is 3.37. The van der Waals surface area contributed by atoms with Gasteiger partial charge in [0.15, 0.2) is 5.96 Å². The molecule has 1 aromatic rings. The lowest BCUT2D eigenvalue weighted by Crippen LogP contribution is -2.46. The number of aliphatic imine (C=N–C) groups is 1. The highest BCUT2D eigenvalue weighted by Crippen LogP contribution is 2.17. The van der Waals surface area contributed by atoms with Crippen LogP contribution in [0, 0.1) is 6.92 Å². The number of rotatable bonds is 3. The zero-order chi connectivity index (χ0) is 16.1. The molecule has 126 valence electrons. The van der Waals surface area contributed by atoms with Gasteiger partial charge in [0.2, 0.25) is 0 Å². The maximum Gasteiger partial charge on any atom is 0.194 e. The largest absolute Gasteiger partial charge is 0.379 e. The normalized spacial score (nSPS) is 23.3. The molecule has 0 aromatic carbocycles. The van der Waals surface area contributed by atoms with Crippen molar-refractivity contribution in [2.45, 2.75) is 25.9 Å². The van der Waals surface area contributed by atoms with E-state index in [0.717, 1.165) is 56.7 Å². The van der Waals surface area contributed by atoms with E-state index in [4.69, 9.17) is 4.74 Å². The van der Waals surface area contributed by atoms with Crippen molar-refractivity contribution in [3.63, 3.8) is 0 Å². The Kier molecular flexibility index (Phi) is 5.46. The monoisotopic (exact) mass is 317 g/mol. The summed E-state index contributed by atoms with van der Waals surface area (Å²) < 4.78 is 5.45. The van der Waals surface area contributed by atoms with Crippen LogP contribution in [0.1, 0.15) is 17.8 Å². The van der Waals surface area contributed by atoms with E-state index in [0.29, 0.717) is 12.6 Å². The minimum atomic E-state index is 0.620. The zero-order valence-corrected chi connectivity index (χ0v) is 14.2. The smallest absolute Gasteiger partial charge is 0.194 e. The third kappa shape index (κ3) is 4.20. The van der Waals surface area contributed by atoms with Crippen LogP contribution < -0.4 is 5.32 Å². The molecule has 0 aliphatic carbocycles. The van der Waals surface area contributed by atoms with Gasteiger partial charge in [-0.15, -0.1) is 0 Å². The molecule has 3 heterocycles. The van der Waals surface area contributed by atoms with E-state index in [-0.39, 0.29) is 0 Å². The van der Waals surface area contributed by atoms with Gasteiger partial charge < -0.3 is 15.0 Å². The Hall–Kier alpha value is -1.66. The van der Waals surface area contributed by atoms with Crippen LogP contribution in [0.25, 0.3) is 0 Å². The topological polar surface area (TPSA) is 53.0 Å². The highest BCUT2D eigenvalue weighted by atomic mass is 16.5. The van der Waals surface area contributed by atoms with Crippen LogP contribution in [0.4, 0.5) is 0 Å². The highest BCUT2D eigenvalue weighted by molar-refractivity contribution is 5.80. The average molecular weight is 317 g/mol. The molecule has 6 heteroatoms. The van der Waals surface area contributed by atoms with Crippen LogP contribution >= 0.6 is 0 Å². The number of pyridine rings is 1. The van der Waals surface area contributed by atoms with Crippen molar-refractivity contribution in [2.24, 2.45) is 4.99 Å². The Labute approximate surface area is 138 Å². The molecule has 0 amide bonds. The van der Waals surface area contributed by atoms with Gasteiger partial charge in [-0.25, -0.2) is 0 Å². The Balaban J connectivity index is 1.53. The Morgan fingerprint density at radius 3 is 2.91 bits per heavy atom. The third-order valence-electron chi connectivity index (χ3n) is 4.61. The molecule has 2 saturated heterocycles. The second-order valence-electron chi connectivity index (χ2n) is 6.21. The molecule has 0 saturated carbocycles. The maximum absolute atomic E-state index is 5.45. The van der Waals surface area contributed by atoms with Gasteiger partial charge in [-0.2, -0.15) is 0 Å². The van der Waals surface area contributed by atoms with Crippen molar-refractivity contribution in [3.8, 4) is 0 Å². The van der Waals surface area contributed by atoms with Crippen LogP contribution in [0.15, 0.2) is 23.2 Å². The van der Waals surface area contributed by atoms with Crippen molar-refractivity contribution < 1.29 is 4.74 Å². The summed E-state index contributed by atoms with van der Waals surface area (Å²) in [4.78, 5) is 13.9. The number of nitrogens with one attached hydrogen (secondary N) is 1. The molecule has 3 rings (SSSR count). The summed E-state index contributed by atoms with van der Waals surface area (Å²) in [7, 11) is 1.86. The SMILES string of the molecule is CN=C(NCc1cccc(C)n1)N1CCC(N2CCOCC2)C1. The van der Waals surface area contributed by atoms with Crippen molar-refractivity contribution in [1.82, 2.24) is 20.1 Å². The first-order valence-corrected chi connectivity index (χ1v) is 8.46. The van der Waals surface area contributed by atoms with E-state index in [2.05, 4.69) is 25.1 Å². The average Bonchev–Trinajstić information content (AvgIpc) is 3.06. The van der Waals surface area contributed by atoms with E-state index >= 15 is 0 Å². The quantitative estimate of drug-likeness (QED) is 0.662. The molecule has 0 spiro atoms. The van der Waals surface area contributed by atoms with Gasteiger partial charge in [-0.05, 0) is 25.5 Å². The molecule has 2 fully saturated rings. The van der Waals surface area contributed by atoms with Crippen LogP contribution in [0.5, 0.6) is 0 Å². The van der Waals surface area contributed by atoms with Gasteiger partial charge in [0.1, 0.15) is 0 Å². The minimum Gasteiger partial charge on any atom is -0.379 e. The highest BCUT2D eigenvalue weighted by Gasteiger charge is 2.30. The second-order valence-corrected chi connectivity index (χ2v) is 6.21. The predicted molar refractivity (Wildman–Crippen MR) is 91.5 cm³/mol. The van der Waals surface area contributed by atoms with Crippen molar-refractivity contribution >= 4 is 5.96 Å². The molecular formula is C17H27N5O. The zero-order valence-electron chi connectivity index (χ0n) is 14.2. The standard InChI is InChI=1S/C17H27N5O/c1-14-4-3-5-15(20-14)12-19-17(18-2)22-7-6-16(13-22)21-8-10-23-11-9-21/h3-5,16H,6-13H2,1-2H3,(H,18,19). The minimum absolute atomic E-state index is 0.620. The van der Waals surface area contributed by atoms with E-state index in [1.807, 2.05) is 32.2 Å². The van der Waals surface area contributed by atoms with Gasteiger partial charge in [-0.3, -0.25) is 14.9 Å². The molecule has 2 aliphatic heterocycles. The van der Waals surface area contributed by atoms with Gasteiger partial charge >= 0.3 is 0 Å². The molecule has 6 nitrogen and oxygen atoms in total. The lowest BCUT2D eigenvalue weighted by Gasteiger charge is -2.32. The lowest BCUT2D eigenvalue weighted by atomic mass is 10.2. The van der Waals surface area contributed by atoms with Crippen LogP contribution in [0.3, 0.4) is 0 Å². The van der Waals surface area contributed by atoms with Gasteiger partial charge in [0, 0.05) is 45.0 Å². The number of ether oxygens (including phenoxy) is 1. The predicted octanol–water partition coefficient (Wildman–Crippen LogP) is 0.872. The van der Waals surface area contributed by atoms with Crippen LogP contribution in [-0.2, 0) is 11.3 Å². The van der Waals surface area contributed by atoms with Crippen molar-refractivity contribution in [1.29, 1.82) is 0 Å². The number of morpholine rings is 1. The molecule has 0 bridgehead atoms. The molecule has 0 radical (unpaired) electrons. The number of hydrogen-bond donors (Lipinski definition) is 1. The van der Waals surface area contributed by atoms with Crippen LogP contribution in [0.2, 0.25) is 0 Å². The first kappa shape index (κ1) is 16.2. The Bertz CT molecular complexity index is 542. The summed E-state index contributed by atoms with van der Waals surface area (Å²) in [5, 5.41) is 3.45. The van der Waals surface area contributed by atoms with Crippen molar-refractivity contribution in [3.05, 3.63) is 29.6 Å². The van der Waals surface area contributed by atoms with E-state index in [9.17, 15) is 0 Å². The fourth-order valence-electron chi connectivity index (χ4n) is 3.37. The molecular weight excluding hydrogens is 290 g/mol. The molecule has 1 N–H and O–H groups in total. The number of guanidine groups is 1. The van der Waals surface area contributed by atoms with Gasteiger partial charge in [0.25, 0.3) is 0 Å². The summed E-state index contributed by atoms with van der Waals surface area (Å²) in [5.74, 6) is 0.976. The fraction of sp³-hybridized carbons (Fsp3) is 0.647.